The molecular weight excluding hydrogens is 250 g/mol. The molecule has 0 spiro atoms. The molecule has 0 aliphatic carbocycles. The average molecular weight is 273 g/mol. The Morgan fingerprint density at radius 3 is 2.50 bits per heavy atom. The monoisotopic (exact) mass is 273 g/mol. The van der Waals surface area contributed by atoms with E-state index in [0.29, 0.717) is 17.8 Å². The third-order valence-electron chi connectivity index (χ3n) is 3.39. The van der Waals surface area contributed by atoms with Crippen LogP contribution in [0.25, 0.3) is 0 Å². The molecule has 4 nitrogen and oxygen atoms in total. The van der Waals surface area contributed by atoms with Crippen LogP contribution in [0.15, 0.2) is 34.7 Å². The molecule has 1 heterocycles. The number of nitrogens with one attached hydrogen (secondary N) is 1. The summed E-state index contributed by atoms with van der Waals surface area (Å²) in [6.07, 6.45) is 0.760. The first-order valence-corrected chi connectivity index (χ1v) is 7.12. The van der Waals surface area contributed by atoms with E-state index in [1.807, 2.05) is 18.2 Å². The molecule has 2 rings (SSSR count). The number of benzene rings is 1. The van der Waals surface area contributed by atoms with Gasteiger partial charge in [-0.1, -0.05) is 44.2 Å². The van der Waals surface area contributed by atoms with Crippen LogP contribution in [0.1, 0.15) is 45.0 Å². The minimum absolute atomic E-state index is 0.266. The van der Waals surface area contributed by atoms with E-state index in [1.165, 1.54) is 5.56 Å². The highest BCUT2D eigenvalue weighted by Gasteiger charge is 2.29. The Kier molecular flexibility index (Phi) is 4.55. The summed E-state index contributed by atoms with van der Waals surface area (Å²) in [4.78, 5) is 0. The second kappa shape index (κ2) is 6.18. The van der Waals surface area contributed by atoms with Crippen molar-refractivity contribution in [1.82, 2.24) is 15.5 Å². The summed E-state index contributed by atoms with van der Waals surface area (Å²) in [5.74, 6) is 1.36. The SMILES string of the molecule is CC(C)NCCc1nnc(C(C)(C)c2ccccc2)o1. The molecule has 0 aliphatic rings. The topological polar surface area (TPSA) is 51.0 Å². The van der Waals surface area contributed by atoms with Crippen LogP contribution in [0.3, 0.4) is 0 Å². The molecule has 0 saturated heterocycles. The average Bonchev–Trinajstić information content (AvgIpc) is 2.89. The predicted octanol–water partition coefficient (Wildman–Crippen LogP) is 2.94. The van der Waals surface area contributed by atoms with E-state index in [9.17, 15) is 0 Å². The maximum absolute atomic E-state index is 5.82. The highest BCUT2D eigenvalue weighted by atomic mass is 16.4. The van der Waals surface area contributed by atoms with Crippen molar-refractivity contribution in [2.45, 2.75) is 45.6 Å². The van der Waals surface area contributed by atoms with Crippen molar-refractivity contribution in [2.24, 2.45) is 0 Å². The van der Waals surface area contributed by atoms with Gasteiger partial charge in [0.05, 0.1) is 5.41 Å². The van der Waals surface area contributed by atoms with Gasteiger partial charge in [-0.25, -0.2) is 0 Å². The van der Waals surface area contributed by atoms with E-state index >= 15 is 0 Å². The van der Waals surface area contributed by atoms with Crippen LogP contribution >= 0.6 is 0 Å². The molecular formula is C16H23N3O. The lowest BCUT2D eigenvalue weighted by Crippen LogP contribution is -2.25. The van der Waals surface area contributed by atoms with E-state index in [4.69, 9.17) is 4.42 Å². The van der Waals surface area contributed by atoms with Crippen molar-refractivity contribution in [1.29, 1.82) is 0 Å². The van der Waals surface area contributed by atoms with Crippen LogP contribution < -0.4 is 5.32 Å². The first kappa shape index (κ1) is 14.7. The predicted molar refractivity (Wildman–Crippen MR) is 79.7 cm³/mol. The molecule has 2 aromatic rings. The lowest BCUT2D eigenvalue weighted by atomic mass is 9.85. The fourth-order valence-electron chi connectivity index (χ4n) is 2.05. The smallest absolute Gasteiger partial charge is 0.226 e. The number of hydrogen-bond acceptors (Lipinski definition) is 4. The number of hydrogen-bond donors (Lipinski definition) is 1. The highest BCUT2D eigenvalue weighted by molar-refractivity contribution is 5.29. The Morgan fingerprint density at radius 1 is 1.15 bits per heavy atom. The highest BCUT2D eigenvalue weighted by Crippen LogP contribution is 2.30. The molecule has 0 unspecified atom stereocenters. The summed E-state index contributed by atoms with van der Waals surface area (Å²) >= 11 is 0. The molecule has 0 aliphatic heterocycles. The Balaban J connectivity index is 2.08. The maximum atomic E-state index is 5.82. The summed E-state index contributed by atoms with van der Waals surface area (Å²) in [6, 6.07) is 10.7. The van der Waals surface area contributed by atoms with Crippen molar-refractivity contribution in [2.75, 3.05) is 6.54 Å². The van der Waals surface area contributed by atoms with Crippen molar-refractivity contribution in [3.05, 3.63) is 47.7 Å². The van der Waals surface area contributed by atoms with Gasteiger partial charge in [0.2, 0.25) is 11.8 Å². The Bertz CT molecular complexity index is 532. The quantitative estimate of drug-likeness (QED) is 0.879. The van der Waals surface area contributed by atoms with Gasteiger partial charge in [-0.15, -0.1) is 10.2 Å². The normalized spacial score (nSPS) is 12.1. The van der Waals surface area contributed by atoms with E-state index in [0.717, 1.165) is 13.0 Å². The van der Waals surface area contributed by atoms with Crippen molar-refractivity contribution in [3.8, 4) is 0 Å². The van der Waals surface area contributed by atoms with Crippen LogP contribution in [0.5, 0.6) is 0 Å². The van der Waals surface area contributed by atoms with Gasteiger partial charge in [-0.05, 0) is 19.4 Å². The van der Waals surface area contributed by atoms with Crippen LogP contribution in [0.4, 0.5) is 0 Å². The molecule has 108 valence electrons. The number of aromatic nitrogens is 2. The van der Waals surface area contributed by atoms with Gasteiger partial charge < -0.3 is 9.73 Å². The molecule has 0 radical (unpaired) electrons. The summed E-state index contributed by atoms with van der Waals surface area (Å²) in [5, 5.41) is 11.7. The molecule has 1 aromatic heterocycles. The Labute approximate surface area is 120 Å². The van der Waals surface area contributed by atoms with E-state index in [1.54, 1.807) is 0 Å². The van der Waals surface area contributed by atoms with Gasteiger partial charge in [0.1, 0.15) is 0 Å². The fraction of sp³-hybridized carbons (Fsp3) is 0.500. The molecule has 0 fully saturated rings. The second-order valence-electron chi connectivity index (χ2n) is 5.85. The molecule has 4 heteroatoms. The van der Waals surface area contributed by atoms with Crippen molar-refractivity contribution < 1.29 is 4.42 Å². The Hall–Kier alpha value is -1.68. The van der Waals surface area contributed by atoms with Crippen molar-refractivity contribution >= 4 is 0 Å². The molecule has 1 aromatic carbocycles. The standard InChI is InChI=1S/C16H23N3O/c1-12(2)17-11-10-14-18-19-15(20-14)16(3,4)13-8-6-5-7-9-13/h5-9,12,17H,10-11H2,1-4H3. The molecule has 0 bridgehead atoms. The van der Waals surface area contributed by atoms with E-state index in [-0.39, 0.29) is 5.41 Å². The van der Waals surface area contributed by atoms with Gasteiger partial charge in [0, 0.05) is 19.0 Å². The minimum Gasteiger partial charge on any atom is -0.424 e. The van der Waals surface area contributed by atoms with Crippen LogP contribution in [-0.4, -0.2) is 22.8 Å². The number of rotatable bonds is 6. The molecule has 0 amide bonds. The van der Waals surface area contributed by atoms with Gasteiger partial charge in [0.25, 0.3) is 0 Å². The Morgan fingerprint density at radius 2 is 1.85 bits per heavy atom. The summed E-state index contributed by atoms with van der Waals surface area (Å²) in [6.45, 7) is 9.30. The first-order valence-electron chi connectivity index (χ1n) is 7.12. The minimum atomic E-state index is -0.266. The van der Waals surface area contributed by atoms with E-state index in [2.05, 4.69) is 55.3 Å². The van der Waals surface area contributed by atoms with Gasteiger partial charge in [0.15, 0.2) is 0 Å². The maximum Gasteiger partial charge on any atom is 0.226 e. The van der Waals surface area contributed by atoms with Gasteiger partial charge in [-0.2, -0.15) is 0 Å². The molecule has 1 N–H and O–H groups in total. The summed E-state index contributed by atoms with van der Waals surface area (Å²) in [5.41, 5.74) is 0.911. The van der Waals surface area contributed by atoms with Crippen LogP contribution in [0, 0.1) is 0 Å². The molecule has 0 atom stereocenters. The van der Waals surface area contributed by atoms with E-state index < -0.39 is 0 Å². The third kappa shape index (κ3) is 3.45. The zero-order valence-corrected chi connectivity index (χ0v) is 12.7. The molecule has 20 heavy (non-hydrogen) atoms. The lowest BCUT2D eigenvalue weighted by Gasteiger charge is -2.20. The van der Waals surface area contributed by atoms with Gasteiger partial charge in [-0.3, -0.25) is 0 Å². The first-order chi connectivity index (χ1) is 9.50. The fourth-order valence-corrected chi connectivity index (χ4v) is 2.05. The number of nitrogens with zero attached hydrogens (tertiary/aromatic N) is 2. The van der Waals surface area contributed by atoms with Crippen molar-refractivity contribution in [3.63, 3.8) is 0 Å². The van der Waals surface area contributed by atoms with Crippen LogP contribution in [-0.2, 0) is 11.8 Å². The summed E-state index contributed by atoms with van der Waals surface area (Å²) < 4.78 is 5.82. The zero-order chi connectivity index (χ0) is 14.6. The van der Waals surface area contributed by atoms with Crippen LogP contribution in [0.2, 0.25) is 0 Å². The largest absolute Gasteiger partial charge is 0.424 e. The lowest BCUT2D eigenvalue weighted by molar-refractivity contribution is 0.384. The van der Waals surface area contributed by atoms with Gasteiger partial charge >= 0.3 is 0 Å². The zero-order valence-electron chi connectivity index (χ0n) is 12.7. The summed E-state index contributed by atoms with van der Waals surface area (Å²) in [7, 11) is 0. The second-order valence-corrected chi connectivity index (χ2v) is 5.85. The third-order valence-corrected chi connectivity index (χ3v) is 3.39. The molecule has 0 saturated carbocycles.